The molecule has 0 aromatic heterocycles. The fourth-order valence-corrected chi connectivity index (χ4v) is 1.93. The Morgan fingerprint density at radius 1 is 1.42 bits per heavy atom. The van der Waals surface area contributed by atoms with Crippen LogP contribution in [0.25, 0.3) is 0 Å². The number of aliphatic hydroxyl groups excluding tert-OH is 1. The van der Waals surface area contributed by atoms with Gasteiger partial charge < -0.3 is 9.84 Å². The van der Waals surface area contributed by atoms with E-state index in [1.807, 2.05) is 0 Å². The summed E-state index contributed by atoms with van der Waals surface area (Å²) < 4.78 is 5.24. The molecule has 0 radical (unpaired) electrons. The molecule has 70 valence electrons. The molecule has 0 spiro atoms. The predicted molar refractivity (Wildman–Crippen MR) is 48.7 cm³/mol. The van der Waals surface area contributed by atoms with Crippen LogP contribution in [-0.4, -0.2) is 17.8 Å². The number of hydrogen-bond acceptors (Lipinski definition) is 2. The minimum absolute atomic E-state index is 0.0113. The first-order valence-electron chi connectivity index (χ1n) is 4.75. The Morgan fingerprint density at radius 2 is 2.08 bits per heavy atom. The molecule has 1 aliphatic carbocycles. The van der Waals surface area contributed by atoms with E-state index in [1.165, 1.54) is 38.4 Å². The normalized spacial score (nSPS) is 21.8. The summed E-state index contributed by atoms with van der Waals surface area (Å²) in [4.78, 5) is 0. The van der Waals surface area contributed by atoms with Crippen molar-refractivity contribution in [1.82, 2.24) is 0 Å². The van der Waals surface area contributed by atoms with Gasteiger partial charge in [-0.3, -0.25) is 0 Å². The Labute approximate surface area is 74.2 Å². The molecule has 0 saturated heterocycles. The van der Waals surface area contributed by atoms with Crippen molar-refractivity contribution in [3.8, 4) is 0 Å². The molecule has 1 N–H and O–H groups in total. The zero-order valence-corrected chi connectivity index (χ0v) is 7.54. The molecule has 1 fully saturated rings. The number of ether oxygens (including phenoxy) is 1. The van der Waals surface area contributed by atoms with Gasteiger partial charge in [0.2, 0.25) is 0 Å². The molecule has 0 aliphatic heterocycles. The van der Waals surface area contributed by atoms with E-state index in [0.717, 1.165) is 0 Å². The van der Waals surface area contributed by atoms with E-state index < -0.39 is 0 Å². The van der Waals surface area contributed by atoms with Gasteiger partial charge in [-0.25, -0.2) is 0 Å². The summed E-state index contributed by atoms with van der Waals surface area (Å²) in [5.74, 6) is 0.543. The number of hydrogen-bond donors (Lipinski definition) is 1. The highest BCUT2D eigenvalue weighted by atomic mass is 16.5. The van der Waals surface area contributed by atoms with E-state index in [0.29, 0.717) is 5.92 Å². The Balaban J connectivity index is 2.34. The quantitative estimate of drug-likeness (QED) is 0.655. The highest BCUT2D eigenvalue weighted by molar-refractivity contribution is 4.75. The zero-order chi connectivity index (χ0) is 8.81. The van der Waals surface area contributed by atoms with E-state index in [1.54, 1.807) is 0 Å². The minimum Gasteiger partial charge on any atom is -0.496 e. The Bertz CT molecular complexity index is 128. The van der Waals surface area contributed by atoms with Crippen molar-refractivity contribution in [2.45, 2.75) is 38.2 Å². The maximum absolute atomic E-state index is 9.04. The van der Waals surface area contributed by atoms with Crippen molar-refractivity contribution in [2.75, 3.05) is 6.61 Å². The lowest BCUT2D eigenvalue weighted by Crippen LogP contribution is -2.27. The van der Waals surface area contributed by atoms with Crippen molar-refractivity contribution in [2.24, 2.45) is 5.92 Å². The summed E-state index contributed by atoms with van der Waals surface area (Å²) in [6, 6.07) is 0. The first-order chi connectivity index (χ1) is 5.88. The first kappa shape index (κ1) is 9.59. The molecule has 1 unspecified atom stereocenters. The molecule has 1 atom stereocenters. The van der Waals surface area contributed by atoms with E-state index in [2.05, 4.69) is 6.58 Å². The standard InChI is InChI=1S/C10H18O2/c1-2-12-10(8-11)9-6-4-3-5-7-9/h2,9-11H,1,3-8H2. The lowest BCUT2D eigenvalue weighted by Gasteiger charge is -2.28. The van der Waals surface area contributed by atoms with Crippen LogP contribution in [0.2, 0.25) is 0 Å². The van der Waals surface area contributed by atoms with Gasteiger partial charge in [0.15, 0.2) is 0 Å². The molecule has 1 aliphatic rings. The topological polar surface area (TPSA) is 29.5 Å². The van der Waals surface area contributed by atoms with E-state index >= 15 is 0 Å². The Kier molecular flexibility index (Phi) is 4.15. The maximum Gasteiger partial charge on any atom is 0.124 e. The second kappa shape index (κ2) is 5.20. The molecule has 0 aromatic carbocycles. The summed E-state index contributed by atoms with van der Waals surface area (Å²) >= 11 is 0. The third-order valence-corrected chi connectivity index (χ3v) is 2.63. The third-order valence-electron chi connectivity index (χ3n) is 2.63. The van der Waals surface area contributed by atoms with Gasteiger partial charge in [0.05, 0.1) is 12.9 Å². The van der Waals surface area contributed by atoms with Crippen LogP contribution in [0.1, 0.15) is 32.1 Å². The fourth-order valence-electron chi connectivity index (χ4n) is 1.93. The van der Waals surface area contributed by atoms with Gasteiger partial charge in [-0.1, -0.05) is 25.8 Å². The van der Waals surface area contributed by atoms with Crippen molar-refractivity contribution in [3.63, 3.8) is 0 Å². The molecule has 0 heterocycles. The van der Waals surface area contributed by atoms with Gasteiger partial charge in [-0.2, -0.15) is 0 Å². The summed E-state index contributed by atoms with van der Waals surface area (Å²) in [6.45, 7) is 3.63. The largest absolute Gasteiger partial charge is 0.496 e. The lowest BCUT2D eigenvalue weighted by molar-refractivity contribution is 0.0200. The van der Waals surface area contributed by atoms with Crippen LogP contribution in [0.15, 0.2) is 12.8 Å². The van der Waals surface area contributed by atoms with Gasteiger partial charge >= 0.3 is 0 Å². The minimum atomic E-state index is -0.0113. The highest BCUT2D eigenvalue weighted by Gasteiger charge is 2.23. The second-order valence-electron chi connectivity index (χ2n) is 3.42. The molecule has 2 heteroatoms. The second-order valence-corrected chi connectivity index (χ2v) is 3.42. The molecular formula is C10H18O2. The van der Waals surface area contributed by atoms with Crippen LogP contribution in [-0.2, 0) is 4.74 Å². The Morgan fingerprint density at radius 3 is 2.58 bits per heavy atom. The SMILES string of the molecule is C=COC(CO)C1CCCCC1. The smallest absolute Gasteiger partial charge is 0.124 e. The van der Waals surface area contributed by atoms with Gasteiger partial charge in [-0.15, -0.1) is 0 Å². The zero-order valence-electron chi connectivity index (χ0n) is 7.54. The van der Waals surface area contributed by atoms with Crippen molar-refractivity contribution in [3.05, 3.63) is 12.8 Å². The fraction of sp³-hybridized carbons (Fsp3) is 0.800. The molecule has 1 rings (SSSR count). The first-order valence-corrected chi connectivity index (χ1v) is 4.75. The maximum atomic E-state index is 9.04. The van der Waals surface area contributed by atoms with Crippen LogP contribution in [0.5, 0.6) is 0 Å². The molecule has 0 aromatic rings. The van der Waals surface area contributed by atoms with Crippen LogP contribution < -0.4 is 0 Å². The van der Waals surface area contributed by atoms with Crippen LogP contribution >= 0.6 is 0 Å². The third kappa shape index (κ3) is 2.52. The summed E-state index contributed by atoms with van der Waals surface area (Å²) in [6.07, 6.45) is 7.71. The molecule has 2 nitrogen and oxygen atoms in total. The number of aliphatic hydroxyl groups is 1. The summed E-state index contributed by atoms with van der Waals surface area (Å²) in [5, 5.41) is 9.04. The molecule has 12 heavy (non-hydrogen) atoms. The average Bonchev–Trinajstić information content (AvgIpc) is 2.15. The van der Waals surface area contributed by atoms with Gasteiger partial charge in [0.25, 0.3) is 0 Å². The summed E-state index contributed by atoms with van der Waals surface area (Å²) in [5.41, 5.74) is 0. The van der Waals surface area contributed by atoms with Crippen molar-refractivity contribution in [1.29, 1.82) is 0 Å². The van der Waals surface area contributed by atoms with E-state index in [4.69, 9.17) is 9.84 Å². The summed E-state index contributed by atoms with van der Waals surface area (Å²) in [7, 11) is 0. The van der Waals surface area contributed by atoms with Crippen molar-refractivity contribution >= 4 is 0 Å². The predicted octanol–water partition coefficient (Wildman–Crippen LogP) is 2.09. The average molecular weight is 170 g/mol. The molecule has 0 bridgehead atoms. The van der Waals surface area contributed by atoms with Gasteiger partial charge in [0.1, 0.15) is 6.10 Å². The molecule has 1 saturated carbocycles. The molecular weight excluding hydrogens is 152 g/mol. The van der Waals surface area contributed by atoms with Crippen LogP contribution in [0, 0.1) is 5.92 Å². The van der Waals surface area contributed by atoms with Crippen molar-refractivity contribution < 1.29 is 9.84 Å². The van der Waals surface area contributed by atoms with Gasteiger partial charge in [-0.05, 0) is 18.8 Å². The Hall–Kier alpha value is -0.500. The lowest BCUT2D eigenvalue weighted by atomic mass is 9.85. The monoisotopic (exact) mass is 170 g/mol. The number of rotatable bonds is 4. The molecule has 0 amide bonds. The van der Waals surface area contributed by atoms with E-state index in [9.17, 15) is 0 Å². The van der Waals surface area contributed by atoms with E-state index in [-0.39, 0.29) is 12.7 Å². The highest BCUT2D eigenvalue weighted by Crippen LogP contribution is 2.27. The van der Waals surface area contributed by atoms with Crippen LogP contribution in [0.4, 0.5) is 0 Å². The van der Waals surface area contributed by atoms with Crippen LogP contribution in [0.3, 0.4) is 0 Å². The van der Waals surface area contributed by atoms with Gasteiger partial charge in [0, 0.05) is 0 Å².